The number of carboxylic acids is 1. The van der Waals surface area contributed by atoms with Gasteiger partial charge in [-0.1, -0.05) is 78.5 Å². The number of carboxylic acid groups (broad SMARTS) is 1. The molecule has 0 bridgehead atoms. The third kappa shape index (κ3) is 8.29. The van der Waals surface area contributed by atoms with Crippen LogP contribution < -0.4 is 5.32 Å². The number of thioether (sulfide) groups is 1. The topological polar surface area (TPSA) is 136 Å². The third-order valence-corrected chi connectivity index (χ3v) is 8.35. The van der Waals surface area contributed by atoms with Crippen LogP contribution in [0.5, 0.6) is 0 Å². The molecule has 1 saturated heterocycles. The van der Waals surface area contributed by atoms with Gasteiger partial charge in [-0.25, -0.2) is 0 Å². The van der Waals surface area contributed by atoms with Crippen molar-refractivity contribution in [2.24, 2.45) is 7.05 Å². The van der Waals surface area contributed by atoms with Gasteiger partial charge in [-0.3, -0.25) is 9.59 Å². The van der Waals surface area contributed by atoms with Gasteiger partial charge in [-0.05, 0) is 33.9 Å². The molecule has 0 saturated carbocycles. The third-order valence-electron chi connectivity index (χ3n) is 7.18. The van der Waals surface area contributed by atoms with Crippen LogP contribution in [0.3, 0.4) is 0 Å². The van der Waals surface area contributed by atoms with Crippen LogP contribution in [0.1, 0.15) is 53.9 Å². The molecule has 0 radical (unpaired) electrons. The maximum atomic E-state index is 11.9. The monoisotopic (exact) mass is 602 g/mol. The summed E-state index contributed by atoms with van der Waals surface area (Å²) < 4.78 is 14.8. The summed E-state index contributed by atoms with van der Waals surface area (Å²) in [6.07, 6.45) is 1.28. The quantitative estimate of drug-likeness (QED) is 0.196. The lowest BCUT2D eigenvalue weighted by Crippen LogP contribution is -2.31. The highest BCUT2D eigenvalue weighted by Gasteiger charge is 2.32. The molecule has 0 unspecified atom stereocenters. The van der Waals surface area contributed by atoms with Gasteiger partial charge < -0.3 is 29.6 Å². The molecular formula is C32H34N4O6S. The number of ether oxygens (including phenoxy) is 2. The number of aromatic nitrogens is 3. The summed E-state index contributed by atoms with van der Waals surface area (Å²) in [5.74, 6) is -0.594. The maximum Gasteiger partial charge on any atom is 0.303 e. The predicted octanol–water partition coefficient (Wildman–Crippen LogP) is 4.79. The van der Waals surface area contributed by atoms with E-state index in [1.54, 1.807) is 18.1 Å². The number of carbonyl (C=O) groups is 2. The minimum atomic E-state index is -0.992. The number of nitrogens with zero attached hydrogens (tertiary/aromatic N) is 3. The normalized spacial score (nSPS) is 18.3. The lowest BCUT2D eigenvalue weighted by atomic mass is 9.99. The van der Waals surface area contributed by atoms with E-state index < -0.39 is 12.3 Å². The summed E-state index contributed by atoms with van der Waals surface area (Å²) in [5.41, 5.74) is 5.70. The number of nitrogens with one attached hydrogen (secondary N) is 1. The zero-order chi connectivity index (χ0) is 30.2. The lowest BCUT2D eigenvalue weighted by molar-refractivity contribution is -0.245. The molecule has 0 aliphatic carbocycles. The molecule has 224 valence electrons. The molecule has 3 aromatic carbocycles. The number of rotatable bonds is 12. The fraction of sp³-hybridized carbons (Fsp3) is 0.312. The van der Waals surface area contributed by atoms with Crippen LogP contribution in [0.4, 0.5) is 0 Å². The van der Waals surface area contributed by atoms with Crippen LogP contribution in [0.2, 0.25) is 0 Å². The minimum absolute atomic E-state index is 0.00874. The Morgan fingerprint density at radius 3 is 2.44 bits per heavy atom. The molecule has 1 amide bonds. The maximum absolute atomic E-state index is 11.9. The van der Waals surface area contributed by atoms with E-state index in [1.807, 2.05) is 84.4 Å². The van der Waals surface area contributed by atoms with Crippen LogP contribution in [0.15, 0.2) is 84.3 Å². The minimum Gasteiger partial charge on any atom is -0.481 e. The van der Waals surface area contributed by atoms with E-state index in [0.29, 0.717) is 18.7 Å². The second kappa shape index (κ2) is 14.4. The van der Waals surface area contributed by atoms with Gasteiger partial charge in [-0.15, -0.1) is 10.2 Å². The zero-order valence-corrected chi connectivity index (χ0v) is 24.6. The summed E-state index contributed by atoms with van der Waals surface area (Å²) in [6.45, 7) is 0.313. The fourth-order valence-electron chi connectivity index (χ4n) is 4.80. The summed E-state index contributed by atoms with van der Waals surface area (Å²) in [5, 5.41) is 30.0. The summed E-state index contributed by atoms with van der Waals surface area (Å²) in [7, 11) is 1.91. The van der Waals surface area contributed by atoms with Crippen LogP contribution >= 0.6 is 11.8 Å². The van der Waals surface area contributed by atoms with Crippen molar-refractivity contribution in [1.82, 2.24) is 20.1 Å². The van der Waals surface area contributed by atoms with E-state index in [1.165, 1.54) is 0 Å². The van der Waals surface area contributed by atoms with Crippen molar-refractivity contribution in [1.29, 1.82) is 0 Å². The molecule has 1 aliphatic heterocycles. The van der Waals surface area contributed by atoms with Gasteiger partial charge in [0.1, 0.15) is 6.33 Å². The first-order chi connectivity index (χ1) is 20.9. The molecule has 43 heavy (non-hydrogen) atoms. The molecule has 10 nitrogen and oxygen atoms in total. The fourth-order valence-corrected chi connectivity index (χ4v) is 5.70. The Morgan fingerprint density at radius 2 is 1.74 bits per heavy atom. The smallest absolute Gasteiger partial charge is 0.303 e. The van der Waals surface area contributed by atoms with Crippen LogP contribution in [0.25, 0.3) is 11.1 Å². The highest BCUT2D eigenvalue weighted by molar-refractivity contribution is 7.99. The molecule has 1 fully saturated rings. The van der Waals surface area contributed by atoms with Crippen molar-refractivity contribution in [2.45, 2.75) is 56.1 Å². The molecule has 5 rings (SSSR count). The average molecular weight is 603 g/mol. The molecular weight excluding hydrogens is 568 g/mol. The number of aliphatic hydroxyl groups excluding tert-OH is 1. The second-order valence-electron chi connectivity index (χ2n) is 10.4. The van der Waals surface area contributed by atoms with Gasteiger partial charge in [0, 0.05) is 37.8 Å². The summed E-state index contributed by atoms with van der Waals surface area (Å²) >= 11 is 1.59. The molecule has 2 heterocycles. The molecule has 1 aliphatic rings. The van der Waals surface area contributed by atoms with Crippen LogP contribution in [-0.2, 0) is 39.3 Å². The van der Waals surface area contributed by atoms with E-state index >= 15 is 0 Å². The van der Waals surface area contributed by atoms with Crippen molar-refractivity contribution in [3.8, 4) is 11.1 Å². The number of hydrogen-bond donors (Lipinski definition) is 3. The largest absolute Gasteiger partial charge is 0.481 e. The Bertz CT molecular complexity index is 1530. The van der Waals surface area contributed by atoms with Crippen molar-refractivity contribution in [3.05, 3.63) is 101 Å². The molecule has 3 N–H and O–H groups in total. The van der Waals surface area contributed by atoms with Crippen molar-refractivity contribution in [2.75, 3.05) is 5.75 Å². The van der Waals surface area contributed by atoms with E-state index in [2.05, 4.69) is 15.5 Å². The van der Waals surface area contributed by atoms with E-state index in [-0.39, 0.29) is 37.6 Å². The van der Waals surface area contributed by atoms with Gasteiger partial charge in [0.2, 0.25) is 5.91 Å². The molecule has 4 aromatic rings. The van der Waals surface area contributed by atoms with Gasteiger partial charge in [0.05, 0.1) is 25.2 Å². The van der Waals surface area contributed by atoms with Gasteiger partial charge in [0.15, 0.2) is 11.4 Å². The van der Waals surface area contributed by atoms with Gasteiger partial charge >= 0.3 is 5.97 Å². The standard InChI is InChI=1S/C32H34N4O6S/c1-36-20-34-35-32(36)43-19-27-16-28(24-7-5-21(18-37)6-8-24)42-31(41-27)25-11-9-23(10-12-25)26-4-2-3-22(15-26)17-33-29(38)13-14-30(39)40/h2-12,15,20,27-28,31,37H,13-14,16-19H2,1H3,(H,33,38)(H,39,40)/t27-,28+,31+/m1/s1. The SMILES string of the molecule is Cn1cnnc1SC[C@H]1C[C@@H](c2ccc(CO)cc2)O[C@@H](c2ccc(-c3cccc(CNC(=O)CCC(=O)O)c3)cc2)O1. The highest BCUT2D eigenvalue weighted by atomic mass is 32.2. The Kier molecular flexibility index (Phi) is 10.2. The van der Waals surface area contributed by atoms with E-state index in [0.717, 1.165) is 38.5 Å². The van der Waals surface area contributed by atoms with Gasteiger partial charge in [0.25, 0.3) is 0 Å². The number of carbonyl (C=O) groups excluding carboxylic acids is 1. The van der Waals surface area contributed by atoms with Crippen LogP contribution in [-0.4, -0.2) is 48.7 Å². The first kappa shape index (κ1) is 30.4. The predicted molar refractivity (Wildman–Crippen MR) is 161 cm³/mol. The second-order valence-corrected chi connectivity index (χ2v) is 11.4. The molecule has 0 spiro atoms. The molecule has 3 atom stereocenters. The van der Waals surface area contributed by atoms with Crippen molar-refractivity contribution < 1.29 is 29.3 Å². The van der Waals surface area contributed by atoms with Crippen molar-refractivity contribution >= 4 is 23.6 Å². The number of aliphatic carboxylic acids is 1. The first-order valence-corrected chi connectivity index (χ1v) is 15.0. The van der Waals surface area contributed by atoms with E-state index in [4.69, 9.17) is 14.6 Å². The number of amides is 1. The summed E-state index contributed by atoms with van der Waals surface area (Å²) in [4.78, 5) is 22.6. The van der Waals surface area contributed by atoms with Gasteiger partial charge in [-0.2, -0.15) is 0 Å². The van der Waals surface area contributed by atoms with Crippen LogP contribution in [0, 0.1) is 0 Å². The van der Waals surface area contributed by atoms with Crippen molar-refractivity contribution in [3.63, 3.8) is 0 Å². The number of aryl methyl sites for hydroxylation is 1. The Labute approximate surface area is 254 Å². The number of hydrogen-bond acceptors (Lipinski definition) is 8. The lowest BCUT2D eigenvalue weighted by Gasteiger charge is -2.36. The average Bonchev–Trinajstić information content (AvgIpc) is 3.46. The zero-order valence-electron chi connectivity index (χ0n) is 23.8. The Hall–Kier alpha value is -4.03. The molecule has 11 heteroatoms. The number of benzene rings is 3. The van der Waals surface area contributed by atoms with E-state index in [9.17, 15) is 14.7 Å². The Morgan fingerprint density at radius 1 is 0.977 bits per heavy atom. The number of aliphatic hydroxyl groups is 1. The summed E-state index contributed by atoms with van der Waals surface area (Å²) in [6, 6.07) is 23.7. The first-order valence-electron chi connectivity index (χ1n) is 14.0. The molecule has 1 aromatic heterocycles. The highest BCUT2D eigenvalue weighted by Crippen LogP contribution is 2.39. The Balaban J connectivity index is 1.28.